The molecular formula is C25H29NO3S. The zero-order valence-electron chi connectivity index (χ0n) is 17.3. The van der Waals surface area contributed by atoms with Crippen molar-refractivity contribution in [2.45, 2.75) is 62.3 Å². The van der Waals surface area contributed by atoms with Crippen LogP contribution in [0.25, 0.3) is 0 Å². The number of carbonyl (C=O) groups is 2. The number of aryl methyl sites for hydroxylation is 2. The van der Waals surface area contributed by atoms with Gasteiger partial charge in [0.1, 0.15) is 0 Å². The largest absolute Gasteiger partial charge is 0.455 e. The molecule has 0 aliphatic heterocycles. The molecule has 0 aromatic heterocycles. The summed E-state index contributed by atoms with van der Waals surface area (Å²) in [5.74, 6) is -0.254. The molecule has 0 spiro atoms. The number of fused-ring (bicyclic) bond motifs is 1. The molecule has 1 saturated carbocycles. The Labute approximate surface area is 183 Å². The summed E-state index contributed by atoms with van der Waals surface area (Å²) in [4.78, 5) is 28.2. The minimum atomic E-state index is -0.342. The Morgan fingerprint density at radius 1 is 0.933 bits per heavy atom. The Morgan fingerprint density at radius 2 is 1.70 bits per heavy atom. The first-order chi connectivity index (χ1) is 14.7. The first-order valence-electron chi connectivity index (χ1n) is 11.0. The zero-order chi connectivity index (χ0) is 20.8. The fraction of sp³-hybridized carbons (Fsp3) is 0.440. The van der Waals surface area contributed by atoms with Crippen LogP contribution in [0, 0.1) is 0 Å². The van der Waals surface area contributed by atoms with E-state index in [0.29, 0.717) is 0 Å². The molecule has 2 aliphatic carbocycles. The molecule has 158 valence electrons. The van der Waals surface area contributed by atoms with Gasteiger partial charge in [-0.25, -0.2) is 0 Å². The van der Waals surface area contributed by atoms with Gasteiger partial charge in [0.05, 0.1) is 5.75 Å². The SMILES string of the molecule is O=C(CSc1ccc2c(c1)CCC2)OCC(=O)N(c1ccccc1)C1CCCCC1. The van der Waals surface area contributed by atoms with Crippen molar-refractivity contribution >= 4 is 29.3 Å². The van der Waals surface area contributed by atoms with Gasteiger partial charge in [0.2, 0.25) is 0 Å². The van der Waals surface area contributed by atoms with Gasteiger partial charge >= 0.3 is 5.97 Å². The predicted molar refractivity (Wildman–Crippen MR) is 121 cm³/mol. The Bertz CT molecular complexity index is 877. The molecular weight excluding hydrogens is 394 g/mol. The molecule has 1 fully saturated rings. The molecule has 0 bridgehead atoms. The molecule has 0 unspecified atom stereocenters. The van der Waals surface area contributed by atoms with Gasteiger partial charge < -0.3 is 9.64 Å². The van der Waals surface area contributed by atoms with Crippen LogP contribution in [0.2, 0.25) is 0 Å². The standard InChI is InChI=1S/C25H29NO3S/c27-24(26(21-10-3-1-4-11-21)22-12-5-2-6-13-22)17-29-25(28)18-30-23-15-14-19-8-7-9-20(19)16-23/h1,3-4,10-11,14-16,22H,2,5-9,12-13,17-18H2. The van der Waals surface area contributed by atoms with Crippen LogP contribution in [0.5, 0.6) is 0 Å². The third-order valence-electron chi connectivity index (χ3n) is 6.03. The van der Waals surface area contributed by atoms with E-state index in [0.717, 1.165) is 49.1 Å². The number of hydrogen-bond acceptors (Lipinski definition) is 4. The van der Waals surface area contributed by atoms with Gasteiger partial charge in [0.15, 0.2) is 6.61 Å². The number of nitrogens with zero attached hydrogens (tertiary/aromatic N) is 1. The van der Waals surface area contributed by atoms with Gasteiger partial charge in [-0.15, -0.1) is 11.8 Å². The van der Waals surface area contributed by atoms with Crippen LogP contribution in [0.4, 0.5) is 5.69 Å². The van der Waals surface area contributed by atoms with E-state index < -0.39 is 0 Å². The van der Waals surface area contributed by atoms with Crippen LogP contribution in [-0.2, 0) is 27.2 Å². The highest BCUT2D eigenvalue weighted by atomic mass is 32.2. The molecule has 0 radical (unpaired) electrons. The number of amides is 1. The highest BCUT2D eigenvalue weighted by molar-refractivity contribution is 8.00. The van der Waals surface area contributed by atoms with Crippen LogP contribution in [-0.4, -0.2) is 30.3 Å². The van der Waals surface area contributed by atoms with Crippen molar-refractivity contribution in [3.8, 4) is 0 Å². The van der Waals surface area contributed by atoms with Crippen LogP contribution in [0.3, 0.4) is 0 Å². The van der Waals surface area contributed by atoms with Gasteiger partial charge in [0, 0.05) is 16.6 Å². The molecule has 4 nitrogen and oxygen atoms in total. The van der Waals surface area contributed by atoms with Gasteiger partial charge in [-0.3, -0.25) is 9.59 Å². The van der Waals surface area contributed by atoms with E-state index in [2.05, 4.69) is 18.2 Å². The minimum absolute atomic E-state index is 0.135. The average molecular weight is 424 g/mol. The molecule has 1 amide bonds. The molecule has 0 N–H and O–H groups in total. The molecule has 30 heavy (non-hydrogen) atoms. The lowest BCUT2D eigenvalue weighted by atomic mass is 9.93. The fourth-order valence-corrected chi connectivity index (χ4v) is 5.28. The lowest BCUT2D eigenvalue weighted by Crippen LogP contribution is -2.44. The topological polar surface area (TPSA) is 46.6 Å². The molecule has 2 aromatic carbocycles. The minimum Gasteiger partial charge on any atom is -0.455 e. The summed E-state index contributed by atoms with van der Waals surface area (Å²) in [5, 5.41) is 0. The number of carbonyl (C=O) groups excluding carboxylic acids is 2. The number of hydrogen-bond donors (Lipinski definition) is 0. The summed E-state index contributed by atoms with van der Waals surface area (Å²) < 4.78 is 5.36. The second-order valence-corrected chi connectivity index (χ2v) is 9.17. The number of esters is 1. The molecule has 0 heterocycles. The number of thioether (sulfide) groups is 1. The summed E-state index contributed by atoms with van der Waals surface area (Å²) >= 11 is 1.48. The Hall–Kier alpha value is -2.27. The molecule has 0 atom stereocenters. The fourth-order valence-electron chi connectivity index (χ4n) is 4.52. The van der Waals surface area contributed by atoms with Crippen molar-refractivity contribution in [3.05, 3.63) is 59.7 Å². The Morgan fingerprint density at radius 3 is 2.50 bits per heavy atom. The molecule has 0 saturated heterocycles. The van der Waals surface area contributed by atoms with Crippen LogP contribution < -0.4 is 4.90 Å². The monoisotopic (exact) mass is 423 g/mol. The summed E-state index contributed by atoms with van der Waals surface area (Å²) in [6.07, 6.45) is 9.00. The Balaban J connectivity index is 1.31. The number of rotatable bonds is 7. The van der Waals surface area contributed by atoms with E-state index in [9.17, 15) is 9.59 Å². The molecule has 5 heteroatoms. The lowest BCUT2D eigenvalue weighted by molar-refractivity contribution is -0.145. The van der Waals surface area contributed by atoms with Crippen molar-refractivity contribution < 1.29 is 14.3 Å². The van der Waals surface area contributed by atoms with E-state index in [-0.39, 0.29) is 30.3 Å². The smallest absolute Gasteiger partial charge is 0.316 e. The summed E-state index contributed by atoms with van der Waals surface area (Å²) in [5.41, 5.74) is 3.71. The van der Waals surface area contributed by atoms with Gasteiger partial charge in [0.25, 0.3) is 5.91 Å². The van der Waals surface area contributed by atoms with E-state index in [1.165, 1.54) is 35.7 Å². The number of anilines is 1. The molecule has 2 aliphatic rings. The molecule has 4 rings (SSSR count). The quantitative estimate of drug-likeness (QED) is 0.455. The average Bonchev–Trinajstić information content (AvgIpc) is 3.26. The normalized spacial score (nSPS) is 16.1. The van der Waals surface area contributed by atoms with Crippen LogP contribution in [0.15, 0.2) is 53.4 Å². The molecule has 2 aromatic rings. The summed E-state index contributed by atoms with van der Waals surface area (Å²) in [7, 11) is 0. The highest BCUT2D eigenvalue weighted by Gasteiger charge is 2.27. The summed E-state index contributed by atoms with van der Waals surface area (Å²) in [6.45, 7) is -0.199. The van der Waals surface area contributed by atoms with Crippen molar-refractivity contribution in [1.82, 2.24) is 0 Å². The maximum atomic E-state index is 13.0. The second-order valence-electron chi connectivity index (χ2n) is 8.12. The van der Waals surface area contributed by atoms with E-state index >= 15 is 0 Å². The number of ether oxygens (including phenoxy) is 1. The van der Waals surface area contributed by atoms with Crippen molar-refractivity contribution in [1.29, 1.82) is 0 Å². The van der Waals surface area contributed by atoms with E-state index in [1.54, 1.807) is 0 Å². The Kier molecular flexibility index (Phi) is 7.11. The van der Waals surface area contributed by atoms with Gasteiger partial charge in [-0.1, -0.05) is 43.5 Å². The van der Waals surface area contributed by atoms with Gasteiger partial charge in [-0.2, -0.15) is 0 Å². The third-order valence-corrected chi connectivity index (χ3v) is 6.99. The van der Waals surface area contributed by atoms with Crippen LogP contribution >= 0.6 is 11.8 Å². The maximum Gasteiger partial charge on any atom is 0.316 e. The second kappa shape index (κ2) is 10.2. The first kappa shape index (κ1) is 21.0. The number of benzene rings is 2. The van der Waals surface area contributed by atoms with Crippen molar-refractivity contribution in [2.24, 2.45) is 0 Å². The number of para-hydroxylation sites is 1. The van der Waals surface area contributed by atoms with E-state index in [1.807, 2.05) is 35.2 Å². The predicted octanol–water partition coefficient (Wildman–Crippen LogP) is 5.18. The third kappa shape index (κ3) is 5.25. The van der Waals surface area contributed by atoms with Crippen LogP contribution in [0.1, 0.15) is 49.7 Å². The first-order valence-corrected chi connectivity index (χ1v) is 12.0. The maximum absolute atomic E-state index is 13.0. The lowest BCUT2D eigenvalue weighted by Gasteiger charge is -2.34. The van der Waals surface area contributed by atoms with Gasteiger partial charge in [-0.05, 0) is 67.5 Å². The highest BCUT2D eigenvalue weighted by Crippen LogP contribution is 2.29. The van der Waals surface area contributed by atoms with E-state index in [4.69, 9.17) is 4.74 Å². The zero-order valence-corrected chi connectivity index (χ0v) is 18.2. The summed E-state index contributed by atoms with van der Waals surface area (Å²) in [6, 6.07) is 16.4. The van der Waals surface area contributed by atoms with Crippen molar-refractivity contribution in [3.63, 3.8) is 0 Å². The van der Waals surface area contributed by atoms with Crippen molar-refractivity contribution in [2.75, 3.05) is 17.3 Å².